The Morgan fingerprint density at radius 1 is 0.507 bits per heavy atom. The van der Waals surface area contributed by atoms with Crippen LogP contribution in [0, 0.1) is 0 Å². The van der Waals surface area contributed by atoms with E-state index in [0.717, 1.165) is 44.2 Å². The van der Waals surface area contributed by atoms with E-state index in [0.29, 0.717) is 36.7 Å². The molecule has 2 atom stereocenters. The first-order valence-electron chi connectivity index (χ1n) is 23.8. The minimum Gasteiger partial charge on any atom is -0.497 e. The molecule has 0 amide bonds. The molecule has 0 heterocycles. The number of nitrogens with zero attached hydrogens (tertiary/aromatic N) is 2. The van der Waals surface area contributed by atoms with Gasteiger partial charge in [0, 0.05) is 74.5 Å². The highest BCUT2D eigenvalue weighted by molar-refractivity contribution is 8.13. The molecule has 0 fully saturated rings. The van der Waals surface area contributed by atoms with E-state index in [-0.39, 0.29) is 40.2 Å². The zero-order valence-electron chi connectivity index (χ0n) is 42.6. The molecule has 8 aromatic rings. The van der Waals surface area contributed by atoms with Crippen LogP contribution in [-0.2, 0) is 51.2 Å². The molecule has 17 heteroatoms. The van der Waals surface area contributed by atoms with Gasteiger partial charge in [0.25, 0.3) is 19.1 Å². The van der Waals surface area contributed by atoms with E-state index in [1.165, 1.54) is 70.4 Å². The largest absolute Gasteiger partial charge is 0.497 e. The van der Waals surface area contributed by atoms with Crippen LogP contribution < -0.4 is 29.7 Å². The van der Waals surface area contributed by atoms with Crippen molar-refractivity contribution >= 4 is 86.0 Å². The lowest BCUT2D eigenvalue weighted by atomic mass is 10.0. The van der Waals surface area contributed by atoms with Crippen molar-refractivity contribution in [3.63, 3.8) is 0 Å². The number of carbonyl (C=O) groups is 2. The predicted molar refractivity (Wildman–Crippen MR) is 300 cm³/mol. The van der Waals surface area contributed by atoms with Crippen LogP contribution in [-0.4, -0.2) is 69.3 Å². The van der Waals surface area contributed by atoms with Crippen LogP contribution >= 0.6 is 10.7 Å². The van der Waals surface area contributed by atoms with E-state index in [2.05, 4.69) is 32.7 Å². The van der Waals surface area contributed by atoms with Crippen molar-refractivity contribution in [1.82, 2.24) is 0 Å². The fourth-order valence-corrected chi connectivity index (χ4v) is 10.1. The van der Waals surface area contributed by atoms with Crippen LogP contribution in [0.2, 0.25) is 0 Å². The fourth-order valence-electron chi connectivity index (χ4n) is 8.26. The molecule has 0 bridgehead atoms. The standard InChI is InChI=1S/C29H30N2O5S.C22H24N2O2.C7H7ClO3S/c1-21(19-29(32)36-3)31(20-22-9-5-4-6-10-22)28-18-17-27(25-11-7-8-12-26(25)28)30-37(33,34)24-15-13-23(35-2)14-16-24;1-16(14-22(25)26-2)24(15-17-8-4-3-5-9-17)21-13-12-20(23)18-10-6-7-11-19(18)21;1-11-6-2-4-7(5-3-6)12(8,9)10/h4-18,21,30H,19-20H2,1-3H3;3-13,16H,14-15,23H2,1-2H3;2-5H,1H3/t21-;16-;/m00./s1. The second-order valence-corrected chi connectivity index (χ2v) is 21.5. The van der Waals surface area contributed by atoms with Crippen molar-refractivity contribution < 1.29 is 45.4 Å². The molecule has 0 saturated heterocycles. The van der Waals surface area contributed by atoms with Crippen LogP contribution in [0.5, 0.6) is 11.5 Å². The maximum Gasteiger partial charge on any atom is 0.307 e. The normalized spacial score (nSPS) is 11.9. The van der Waals surface area contributed by atoms with Gasteiger partial charge in [0.15, 0.2) is 0 Å². The first-order valence-corrected chi connectivity index (χ1v) is 27.5. The summed E-state index contributed by atoms with van der Waals surface area (Å²) in [5, 5.41) is 3.72. The number of esters is 2. The van der Waals surface area contributed by atoms with E-state index in [1.807, 2.05) is 123 Å². The first-order chi connectivity index (χ1) is 36.0. The van der Waals surface area contributed by atoms with Gasteiger partial charge in [0.1, 0.15) is 11.5 Å². The fraction of sp³-hybridized carbons (Fsp3) is 0.207. The smallest absolute Gasteiger partial charge is 0.307 e. The molecule has 0 aromatic heterocycles. The highest BCUT2D eigenvalue weighted by Crippen LogP contribution is 2.37. The van der Waals surface area contributed by atoms with E-state index in [4.69, 9.17) is 35.4 Å². The summed E-state index contributed by atoms with van der Waals surface area (Å²) >= 11 is 0. The van der Waals surface area contributed by atoms with Gasteiger partial charge in [-0.3, -0.25) is 14.3 Å². The number of methoxy groups -OCH3 is 4. The van der Waals surface area contributed by atoms with Crippen molar-refractivity contribution in [2.24, 2.45) is 0 Å². The number of nitrogen functional groups attached to an aromatic ring is 1. The molecule has 0 spiro atoms. The van der Waals surface area contributed by atoms with Gasteiger partial charge in [-0.1, -0.05) is 109 Å². The Morgan fingerprint density at radius 2 is 0.893 bits per heavy atom. The maximum atomic E-state index is 13.2. The van der Waals surface area contributed by atoms with Gasteiger partial charge in [0.2, 0.25) is 0 Å². The third-order valence-electron chi connectivity index (χ3n) is 12.2. The number of carbonyl (C=O) groups excluding carboxylic acids is 2. The number of ether oxygens (including phenoxy) is 4. The molecule has 3 N–H and O–H groups in total. The van der Waals surface area contributed by atoms with Gasteiger partial charge in [-0.15, -0.1) is 0 Å². The van der Waals surface area contributed by atoms with E-state index in [9.17, 15) is 26.4 Å². The molecule has 392 valence electrons. The maximum absolute atomic E-state index is 13.2. The first kappa shape index (κ1) is 56.5. The SMILES string of the molecule is COC(=O)C[C@H](C)N(Cc1ccccc1)c1ccc(N)c2ccccc12.COC(=O)C[C@H](C)N(Cc1ccccc1)c1ccc(NS(=O)(=O)c2ccc(OC)cc2)c2ccccc12.COc1ccc(S(=O)(=O)Cl)cc1. The molecule has 0 aliphatic rings. The number of benzene rings is 8. The average molecular weight is 1070 g/mol. The van der Waals surface area contributed by atoms with Crippen molar-refractivity contribution in [3.05, 3.63) is 193 Å². The van der Waals surface area contributed by atoms with Crippen LogP contribution in [0.4, 0.5) is 22.7 Å². The summed E-state index contributed by atoms with van der Waals surface area (Å²) in [5.41, 5.74) is 11.6. The Labute approximate surface area is 444 Å². The zero-order chi connectivity index (χ0) is 54.1. The monoisotopic (exact) mass is 1070 g/mol. The molecule has 0 unspecified atom stereocenters. The molecule has 0 aliphatic carbocycles. The van der Waals surface area contributed by atoms with Gasteiger partial charge in [0.05, 0.1) is 56.8 Å². The zero-order valence-corrected chi connectivity index (χ0v) is 44.9. The number of halogens is 1. The van der Waals surface area contributed by atoms with E-state index < -0.39 is 19.1 Å². The van der Waals surface area contributed by atoms with Crippen molar-refractivity contribution in [2.75, 3.05) is 48.7 Å². The summed E-state index contributed by atoms with van der Waals surface area (Å²) in [6.07, 6.45) is 0.533. The molecule has 8 rings (SSSR count). The van der Waals surface area contributed by atoms with Gasteiger partial charge < -0.3 is 34.5 Å². The molecular weight excluding hydrogens is 1010 g/mol. The number of nitrogens with two attached hydrogens (primary N) is 1. The van der Waals surface area contributed by atoms with Crippen molar-refractivity contribution in [1.29, 1.82) is 0 Å². The molecule has 75 heavy (non-hydrogen) atoms. The van der Waals surface area contributed by atoms with Crippen LogP contribution in [0.1, 0.15) is 37.8 Å². The highest BCUT2D eigenvalue weighted by atomic mass is 35.7. The third kappa shape index (κ3) is 15.4. The van der Waals surface area contributed by atoms with Gasteiger partial charge in [-0.25, -0.2) is 16.8 Å². The average Bonchev–Trinajstić information content (AvgIpc) is 3.43. The summed E-state index contributed by atoms with van der Waals surface area (Å²) in [4.78, 5) is 28.6. The van der Waals surface area contributed by atoms with Crippen LogP contribution in [0.3, 0.4) is 0 Å². The lowest BCUT2D eigenvalue weighted by Gasteiger charge is -2.32. The molecule has 14 nitrogen and oxygen atoms in total. The minimum absolute atomic E-state index is 0.0188. The van der Waals surface area contributed by atoms with Crippen molar-refractivity contribution in [3.8, 4) is 11.5 Å². The quantitative estimate of drug-likeness (QED) is 0.0470. The lowest BCUT2D eigenvalue weighted by Crippen LogP contribution is -2.34. The molecule has 0 saturated carbocycles. The third-order valence-corrected chi connectivity index (χ3v) is 15.0. The number of nitrogens with one attached hydrogen (secondary N) is 1. The van der Waals surface area contributed by atoms with Crippen LogP contribution in [0.25, 0.3) is 21.5 Å². The highest BCUT2D eigenvalue weighted by Gasteiger charge is 2.24. The summed E-state index contributed by atoms with van der Waals surface area (Å²) < 4.78 is 70.3. The topological polar surface area (TPSA) is 184 Å². The van der Waals surface area contributed by atoms with Gasteiger partial charge in [-0.05, 0) is 97.8 Å². The van der Waals surface area contributed by atoms with E-state index in [1.54, 1.807) is 18.2 Å². The van der Waals surface area contributed by atoms with Gasteiger partial charge >= 0.3 is 11.9 Å². The Hall–Kier alpha value is -7.79. The summed E-state index contributed by atoms with van der Waals surface area (Å²) in [6.45, 7) is 5.30. The van der Waals surface area contributed by atoms with Crippen molar-refractivity contribution in [2.45, 2.75) is 61.7 Å². The molecule has 0 aliphatic heterocycles. The Kier molecular flexibility index (Phi) is 19.9. The second-order valence-electron chi connectivity index (χ2n) is 17.3. The van der Waals surface area contributed by atoms with Crippen LogP contribution in [0.15, 0.2) is 192 Å². The summed E-state index contributed by atoms with van der Waals surface area (Å²) in [7, 11) is 3.49. The van der Waals surface area contributed by atoms with E-state index >= 15 is 0 Å². The Bertz CT molecular complexity index is 3390. The molecular formula is C58H61ClN4O10S2. The number of hydrogen-bond acceptors (Lipinski definition) is 13. The lowest BCUT2D eigenvalue weighted by molar-refractivity contribution is -0.141. The second kappa shape index (κ2) is 26.4. The number of rotatable bonds is 18. The predicted octanol–water partition coefficient (Wildman–Crippen LogP) is 11.6. The number of hydrogen-bond donors (Lipinski definition) is 2. The number of anilines is 4. The summed E-state index contributed by atoms with van der Waals surface area (Å²) in [6, 6.07) is 55.5. The number of sulfonamides is 1. The Balaban J connectivity index is 0.000000207. The Morgan fingerprint density at radius 3 is 1.32 bits per heavy atom. The minimum atomic E-state index is -3.83. The number of fused-ring (bicyclic) bond motifs is 2. The summed E-state index contributed by atoms with van der Waals surface area (Å²) in [5.74, 6) is 0.668. The molecule has 0 radical (unpaired) electrons. The van der Waals surface area contributed by atoms with Gasteiger partial charge in [-0.2, -0.15) is 0 Å². The molecule has 8 aromatic carbocycles.